The quantitative estimate of drug-likeness (QED) is 0.894. The summed E-state index contributed by atoms with van der Waals surface area (Å²) in [5, 5.41) is 10.5. The summed E-state index contributed by atoms with van der Waals surface area (Å²) in [6.07, 6.45) is 1.80. The van der Waals surface area contributed by atoms with Crippen molar-refractivity contribution < 1.29 is 9.84 Å². The fourth-order valence-corrected chi connectivity index (χ4v) is 3.12. The zero-order chi connectivity index (χ0) is 15.5. The van der Waals surface area contributed by atoms with Gasteiger partial charge in [0, 0.05) is 17.6 Å². The van der Waals surface area contributed by atoms with Gasteiger partial charge in [-0.05, 0) is 61.7 Å². The highest BCUT2D eigenvalue weighted by Crippen LogP contribution is 2.34. The van der Waals surface area contributed by atoms with Gasteiger partial charge in [-0.15, -0.1) is 0 Å². The minimum atomic E-state index is -0.405. The highest BCUT2D eigenvalue weighted by atomic mass is 35.5. The SMILES string of the molecule is CC(O)N1CCCC1c1ccc(Oc2ccc(Cl)cc2)cc1. The molecule has 0 aliphatic carbocycles. The highest BCUT2D eigenvalue weighted by Gasteiger charge is 2.28. The summed E-state index contributed by atoms with van der Waals surface area (Å²) in [4.78, 5) is 2.13. The third kappa shape index (κ3) is 3.43. The first-order valence-electron chi connectivity index (χ1n) is 7.61. The number of halogens is 1. The fraction of sp³-hybridized carbons (Fsp3) is 0.333. The van der Waals surface area contributed by atoms with Gasteiger partial charge in [-0.2, -0.15) is 0 Å². The maximum absolute atomic E-state index is 9.85. The average Bonchev–Trinajstić information content (AvgIpc) is 3.00. The molecule has 1 aliphatic heterocycles. The van der Waals surface area contributed by atoms with E-state index >= 15 is 0 Å². The van der Waals surface area contributed by atoms with Crippen LogP contribution in [0, 0.1) is 0 Å². The van der Waals surface area contributed by atoms with E-state index in [-0.39, 0.29) is 0 Å². The monoisotopic (exact) mass is 317 g/mol. The minimum absolute atomic E-state index is 0.296. The molecule has 1 saturated heterocycles. The van der Waals surface area contributed by atoms with E-state index in [0.717, 1.165) is 30.9 Å². The van der Waals surface area contributed by atoms with Gasteiger partial charge in [0.25, 0.3) is 0 Å². The number of benzene rings is 2. The van der Waals surface area contributed by atoms with E-state index in [4.69, 9.17) is 16.3 Å². The van der Waals surface area contributed by atoms with Crippen LogP contribution in [0.25, 0.3) is 0 Å². The molecule has 3 nitrogen and oxygen atoms in total. The molecule has 0 radical (unpaired) electrons. The first-order chi connectivity index (χ1) is 10.6. The molecule has 0 spiro atoms. The topological polar surface area (TPSA) is 32.7 Å². The number of hydrogen-bond acceptors (Lipinski definition) is 3. The number of aliphatic hydroxyl groups excluding tert-OH is 1. The minimum Gasteiger partial charge on any atom is -0.457 e. The Labute approximate surface area is 136 Å². The van der Waals surface area contributed by atoms with Crippen LogP contribution in [0.3, 0.4) is 0 Å². The summed E-state index contributed by atoms with van der Waals surface area (Å²) in [5.41, 5.74) is 1.22. The molecule has 116 valence electrons. The van der Waals surface area contributed by atoms with Crippen molar-refractivity contribution in [1.82, 2.24) is 4.90 Å². The average molecular weight is 318 g/mol. The fourth-order valence-electron chi connectivity index (χ4n) is 2.99. The van der Waals surface area contributed by atoms with Crippen LogP contribution >= 0.6 is 11.6 Å². The van der Waals surface area contributed by atoms with Crippen molar-refractivity contribution in [3.05, 3.63) is 59.1 Å². The van der Waals surface area contributed by atoms with Gasteiger partial charge < -0.3 is 9.84 Å². The van der Waals surface area contributed by atoms with Crippen LogP contribution in [0.15, 0.2) is 48.5 Å². The molecule has 2 atom stereocenters. The summed E-state index contributed by atoms with van der Waals surface area (Å²) in [5.74, 6) is 1.57. The highest BCUT2D eigenvalue weighted by molar-refractivity contribution is 6.30. The normalized spacial score (nSPS) is 20.0. The Balaban J connectivity index is 1.71. The molecule has 2 aromatic rings. The number of hydrogen-bond donors (Lipinski definition) is 1. The maximum Gasteiger partial charge on any atom is 0.127 e. The number of nitrogens with zero attached hydrogens (tertiary/aromatic N) is 1. The molecule has 0 aromatic heterocycles. The molecule has 0 bridgehead atoms. The van der Waals surface area contributed by atoms with Crippen molar-refractivity contribution in [2.24, 2.45) is 0 Å². The Kier molecular flexibility index (Phi) is 4.67. The molecule has 22 heavy (non-hydrogen) atoms. The second kappa shape index (κ2) is 6.69. The van der Waals surface area contributed by atoms with Crippen LogP contribution in [0.5, 0.6) is 11.5 Å². The summed E-state index contributed by atoms with van der Waals surface area (Å²) in [6, 6.07) is 15.7. The van der Waals surface area contributed by atoms with E-state index in [2.05, 4.69) is 17.0 Å². The van der Waals surface area contributed by atoms with Crippen molar-refractivity contribution in [3.8, 4) is 11.5 Å². The number of likely N-dealkylation sites (tertiary alicyclic amines) is 1. The van der Waals surface area contributed by atoms with Crippen LogP contribution in [0.2, 0.25) is 5.02 Å². The van der Waals surface area contributed by atoms with E-state index in [1.165, 1.54) is 5.56 Å². The molecule has 0 amide bonds. The van der Waals surface area contributed by atoms with E-state index < -0.39 is 6.23 Å². The smallest absolute Gasteiger partial charge is 0.127 e. The molecule has 1 fully saturated rings. The molecular weight excluding hydrogens is 298 g/mol. The molecule has 1 N–H and O–H groups in total. The van der Waals surface area contributed by atoms with Crippen molar-refractivity contribution in [3.63, 3.8) is 0 Å². The Bertz CT molecular complexity index is 610. The third-order valence-corrected chi connectivity index (χ3v) is 4.34. The number of aliphatic hydroxyl groups is 1. The Hall–Kier alpha value is -1.55. The Morgan fingerprint density at radius 3 is 2.27 bits per heavy atom. The van der Waals surface area contributed by atoms with Crippen molar-refractivity contribution in [1.29, 1.82) is 0 Å². The van der Waals surface area contributed by atoms with Crippen LogP contribution < -0.4 is 4.74 Å². The standard InChI is InChI=1S/C18H20ClNO2/c1-13(21)20-12-2-3-18(20)14-4-8-16(9-5-14)22-17-10-6-15(19)7-11-17/h4-11,13,18,21H,2-3,12H2,1H3. The largest absolute Gasteiger partial charge is 0.457 e. The first-order valence-corrected chi connectivity index (χ1v) is 7.98. The van der Waals surface area contributed by atoms with E-state index in [9.17, 15) is 5.11 Å². The molecule has 0 saturated carbocycles. The molecule has 2 aromatic carbocycles. The van der Waals surface area contributed by atoms with Crippen LogP contribution in [-0.2, 0) is 0 Å². The van der Waals surface area contributed by atoms with Crippen LogP contribution in [0.4, 0.5) is 0 Å². The maximum atomic E-state index is 9.85. The van der Waals surface area contributed by atoms with Gasteiger partial charge in [0.2, 0.25) is 0 Å². The summed E-state index contributed by atoms with van der Waals surface area (Å²) < 4.78 is 5.80. The van der Waals surface area contributed by atoms with Crippen LogP contribution in [-0.4, -0.2) is 22.8 Å². The molecule has 1 heterocycles. The lowest BCUT2D eigenvalue weighted by atomic mass is 10.0. The summed E-state index contributed by atoms with van der Waals surface area (Å²) in [7, 11) is 0. The molecular formula is C18H20ClNO2. The lowest BCUT2D eigenvalue weighted by molar-refractivity contribution is 0.00916. The second-order valence-corrected chi connectivity index (χ2v) is 6.09. The summed E-state index contributed by atoms with van der Waals surface area (Å²) >= 11 is 5.87. The number of rotatable bonds is 4. The van der Waals surface area contributed by atoms with Crippen molar-refractivity contribution in [2.75, 3.05) is 6.54 Å². The number of ether oxygens (including phenoxy) is 1. The molecule has 1 aliphatic rings. The Morgan fingerprint density at radius 2 is 1.68 bits per heavy atom. The lowest BCUT2D eigenvalue weighted by Gasteiger charge is -2.27. The van der Waals surface area contributed by atoms with E-state index in [1.807, 2.05) is 43.3 Å². The first kappa shape index (κ1) is 15.3. The Morgan fingerprint density at radius 1 is 1.09 bits per heavy atom. The van der Waals surface area contributed by atoms with Gasteiger partial charge in [0.1, 0.15) is 17.7 Å². The predicted octanol–water partition coefficient (Wildman–Crippen LogP) is 4.61. The van der Waals surface area contributed by atoms with Gasteiger partial charge in [-0.1, -0.05) is 23.7 Å². The van der Waals surface area contributed by atoms with Crippen molar-refractivity contribution >= 4 is 11.6 Å². The van der Waals surface area contributed by atoms with Gasteiger partial charge in [-0.3, -0.25) is 4.90 Å². The van der Waals surface area contributed by atoms with Gasteiger partial charge >= 0.3 is 0 Å². The summed E-state index contributed by atoms with van der Waals surface area (Å²) in [6.45, 7) is 2.78. The third-order valence-electron chi connectivity index (χ3n) is 4.09. The molecule has 2 unspecified atom stereocenters. The van der Waals surface area contributed by atoms with Gasteiger partial charge in [0.15, 0.2) is 0 Å². The molecule has 4 heteroatoms. The van der Waals surface area contributed by atoms with E-state index in [0.29, 0.717) is 11.1 Å². The predicted molar refractivity (Wildman–Crippen MR) is 88.3 cm³/mol. The van der Waals surface area contributed by atoms with Crippen molar-refractivity contribution in [2.45, 2.75) is 32.0 Å². The van der Waals surface area contributed by atoms with Crippen LogP contribution in [0.1, 0.15) is 31.4 Å². The lowest BCUT2D eigenvalue weighted by Crippen LogP contribution is -2.32. The van der Waals surface area contributed by atoms with E-state index in [1.54, 1.807) is 0 Å². The molecule has 3 rings (SSSR count). The van der Waals surface area contributed by atoms with Gasteiger partial charge in [0.05, 0.1) is 0 Å². The van der Waals surface area contributed by atoms with Gasteiger partial charge in [-0.25, -0.2) is 0 Å². The zero-order valence-electron chi connectivity index (χ0n) is 12.6. The second-order valence-electron chi connectivity index (χ2n) is 5.65. The zero-order valence-corrected chi connectivity index (χ0v) is 13.3.